The van der Waals surface area contributed by atoms with Crippen LogP contribution in [0.3, 0.4) is 0 Å². The molecule has 0 radical (unpaired) electrons. The molecule has 2 aromatic rings. The van der Waals surface area contributed by atoms with Crippen molar-refractivity contribution in [3.05, 3.63) is 27.7 Å². The average molecular weight is 309 g/mol. The summed E-state index contributed by atoms with van der Waals surface area (Å²) < 4.78 is 0. The molecule has 0 aromatic carbocycles. The van der Waals surface area contributed by atoms with Crippen LogP contribution < -0.4 is 5.73 Å². The monoisotopic (exact) mass is 309 g/mol. The predicted octanol–water partition coefficient (Wildman–Crippen LogP) is 1.89. The Balaban J connectivity index is 1.51. The molecule has 3 rings (SSSR count). The van der Waals surface area contributed by atoms with Gasteiger partial charge >= 0.3 is 0 Å². The molecule has 20 heavy (non-hydrogen) atoms. The molecule has 0 bridgehead atoms. The first-order chi connectivity index (χ1) is 9.79. The second-order valence-corrected chi connectivity index (χ2v) is 6.92. The minimum atomic E-state index is 0.667. The molecule has 0 amide bonds. The Hall–Kier alpha value is -1.02. The van der Waals surface area contributed by atoms with E-state index in [1.807, 2.05) is 11.7 Å². The van der Waals surface area contributed by atoms with E-state index in [-0.39, 0.29) is 0 Å². The van der Waals surface area contributed by atoms with E-state index in [1.54, 1.807) is 22.7 Å². The zero-order valence-corrected chi connectivity index (χ0v) is 13.0. The summed E-state index contributed by atoms with van der Waals surface area (Å²) in [5.74, 6) is 0. The maximum Gasteiger partial charge on any atom is 0.180 e. The third-order valence-electron chi connectivity index (χ3n) is 3.50. The van der Waals surface area contributed by atoms with Crippen molar-refractivity contribution in [3.63, 3.8) is 0 Å². The molecular weight excluding hydrogens is 290 g/mol. The van der Waals surface area contributed by atoms with Gasteiger partial charge in [-0.15, -0.1) is 22.7 Å². The first-order valence-corrected chi connectivity index (χ1v) is 8.57. The minimum absolute atomic E-state index is 0.667. The van der Waals surface area contributed by atoms with Crippen molar-refractivity contribution in [1.29, 1.82) is 0 Å². The number of hydrogen-bond donors (Lipinski definition) is 1. The molecule has 0 unspecified atom stereocenters. The van der Waals surface area contributed by atoms with Crippen LogP contribution in [0.15, 0.2) is 17.1 Å². The smallest absolute Gasteiger partial charge is 0.180 e. The lowest BCUT2D eigenvalue weighted by molar-refractivity contribution is 0.247. The highest BCUT2D eigenvalue weighted by Crippen LogP contribution is 2.18. The summed E-state index contributed by atoms with van der Waals surface area (Å²) >= 11 is 3.27. The summed E-state index contributed by atoms with van der Waals surface area (Å²) in [6.07, 6.45) is 3.11. The van der Waals surface area contributed by atoms with Gasteiger partial charge in [0.15, 0.2) is 5.13 Å². The molecule has 5 nitrogen and oxygen atoms in total. The lowest BCUT2D eigenvalue weighted by atomic mass is 10.3. The highest BCUT2D eigenvalue weighted by Gasteiger charge is 2.16. The second-order valence-electron chi connectivity index (χ2n) is 5.05. The Morgan fingerprint density at radius 2 is 1.90 bits per heavy atom. The van der Waals surface area contributed by atoms with Crippen LogP contribution in [0.1, 0.15) is 17.0 Å². The fourth-order valence-corrected chi connectivity index (χ4v) is 3.78. The average Bonchev–Trinajstić information content (AvgIpc) is 3.01. The molecule has 0 atom stereocenters. The summed E-state index contributed by atoms with van der Waals surface area (Å²) in [6, 6.07) is 0. The molecule has 1 aliphatic rings. The zero-order valence-electron chi connectivity index (χ0n) is 11.4. The summed E-state index contributed by atoms with van der Waals surface area (Å²) in [7, 11) is 0. The largest absolute Gasteiger partial charge is 0.375 e. The molecule has 2 N–H and O–H groups in total. The number of nitrogens with zero attached hydrogens (tertiary/aromatic N) is 4. The number of nitrogen functional groups attached to an aromatic ring is 1. The molecule has 0 saturated carbocycles. The van der Waals surface area contributed by atoms with Crippen LogP contribution >= 0.6 is 22.7 Å². The molecule has 1 saturated heterocycles. The van der Waals surface area contributed by atoms with Gasteiger partial charge in [-0.2, -0.15) is 0 Å². The fraction of sp³-hybridized carbons (Fsp3) is 0.538. The molecular formula is C13H19N5S2. The Bertz CT molecular complexity index is 525. The van der Waals surface area contributed by atoms with Gasteiger partial charge < -0.3 is 5.73 Å². The Kier molecular flexibility index (Phi) is 4.62. The molecule has 0 aliphatic carbocycles. The second kappa shape index (κ2) is 6.62. The first-order valence-electron chi connectivity index (χ1n) is 6.81. The normalized spacial score (nSPS) is 18.2. The van der Waals surface area contributed by atoms with E-state index < -0.39 is 0 Å². The Labute approximate surface area is 127 Å². The highest BCUT2D eigenvalue weighted by atomic mass is 32.1. The van der Waals surface area contributed by atoms with E-state index in [2.05, 4.69) is 25.1 Å². The Morgan fingerprint density at radius 3 is 2.55 bits per heavy atom. The summed E-state index contributed by atoms with van der Waals surface area (Å²) in [4.78, 5) is 14.7. The molecule has 7 heteroatoms. The number of hydrogen-bond acceptors (Lipinski definition) is 7. The molecule has 2 aromatic heterocycles. The minimum Gasteiger partial charge on any atom is -0.375 e. The van der Waals surface area contributed by atoms with Crippen molar-refractivity contribution in [3.8, 4) is 0 Å². The van der Waals surface area contributed by atoms with Gasteiger partial charge in [0.1, 0.15) is 0 Å². The highest BCUT2D eigenvalue weighted by molar-refractivity contribution is 7.15. The van der Waals surface area contributed by atoms with Crippen LogP contribution in [0.2, 0.25) is 0 Å². The number of nitrogens with two attached hydrogens (primary N) is 1. The van der Waals surface area contributed by atoms with E-state index in [4.69, 9.17) is 5.73 Å². The van der Waals surface area contributed by atoms with Crippen LogP contribution in [0, 0.1) is 0 Å². The fourth-order valence-electron chi connectivity index (χ4n) is 2.50. The maximum atomic E-state index is 5.69. The van der Waals surface area contributed by atoms with E-state index in [0.717, 1.165) is 39.3 Å². The maximum absolute atomic E-state index is 5.69. The van der Waals surface area contributed by atoms with Gasteiger partial charge in [0.2, 0.25) is 0 Å². The van der Waals surface area contributed by atoms with Gasteiger partial charge in [-0.3, -0.25) is 9.80 Å². The van der Waals surface area contributed by atoms with Crippen LogP contribution in [0.5, 0.6) is 0 Å². The van der Waals surface area contributed by atoms with Gasteiger partial charge in [0.25, 0.3) is 0 Å². The number of aromatic nitrogens is 2. The first kappa shape index (κ1) is 13.9. The van der Waals surface area contributed by atoms with Crippen molar-refractivity contribution < 1.29 is 0 Å². The standard InChI is InChI=1S/C13H19N5S2/c14-13-15-6-12(20-13)8-18-3-1-2-17(4-5-18)7-11-9-19-10-16-11/h6,9-10H,1-5,7-8H2,(H2,14,15). The third kappa shape index (κ3) is 3.76. The van der Waals surface area contributed by atoms with E-state index >= 15 is 0 Å². The van der Waals surface area contributed by atoms with Crippen LogP contribution in [0.25, 0.3) is 0 Å². The SMILES string of the molecule is Nc1ncc(CN2CCCN(Cc3cscn3)CC2)s1. The van der Waals surface area contributed by atoms with Crippen LogP contribution in [-0.2, 0) is 13.1 Å². The van der Waals surface area contributed by atoms with Crippen molar-refractivity contribution in [2.75, 3.05) is 31.9 Å². The number of rotatable bonds is 4. The zero-order chi connectivity index (χ0) is 13.8. The molecule has 1 aliphatic heterocycles. The third-order valence-corrected chi connectivity index (χ3v) is 4.95. The van der Waals surface area contributed by atoms with Gasteiger partial charge in [-0.05, 0) is 19.5 Å². The van der Waals surface area contributed by atoms with Gasteiger partial charge in [0.05, 0.1) is 11.2 Å². The van der Waals surface area contributed by atoms with Gasteiger partial charge in [-0.1, -0.05) is 0 Å². The predicted molar refractivity (Wildman–Crippen MR) is 83.8 cm³/mol. The quantitative estimate of drug-likeness (QED) is 0.934. The molecule has 1 fully saturated rings. The van der Waals surface area contributed by atoms with E-state index in [9.17, 15) is 0 Å². The van der Waals surface area contributed by atoms with Gasteiger partial charge in [-0.25, -0.2) is 9.97 Å². The van der Waals surface area contributed by atoms with Crippen LogP contribution in [-0.4, -0.2) is 45.9 Å². The lowest BCUT2D eigenvalue weighted by Crippen LogP contribution is -2.30. The summed E-state index contributed by atoms with van der Waals surface area (Å²) in [5, 5.41) is 2.81. The molecule has 0 spiro atoms. The van der Waals surface area contributed by atoms with Crippen molar-refractivity contribution >= 4 is 27.8 Å². The van der Waals surface area contributed by atoms with Crippen molar-refractivity contribution in [1.82, 2.24) is 19.8 Å². The van der Waals surface area contributed by atoms with Crippen molar-refractivity contribution in [2.24, 2.45) is 0 Å². The lowest BCUT2D eigenvalue weighted by Gasteiger charge is -2.20. The topological polar surface area (TPSA) is 58.3 Å². The summed E-state index contributed by atoms with van der Waals surface area (Å²) in [6.45, 7) is 6.45. The van der Waals surface area contributed by atoms with Crippen molar-refractivity contribution in [2.45, 2.75) is 19.5 Å². The number of anilines is 1. The summed E-state index contributed by atoms with van der Waals surface area (Å²) in [5.41, 5.74) is 8.79. The van der Waals surface area contributed by atoms with E-state index in [1.165, 1.54) is 17.0 Å². The van der Waals surface area contributed by atoms with Gasteiger partial charge in [0, 0.05) is 42.6 Å². The number of thiazole rings is 2. The van der Waals surface area contributed by atoms with E-state index in [0.29, 0.717) is 5.13 Å². The van der Waals surface area contributed by atoms with Crippen LogP contribution in [0.4, 0.5) is 5.13 Å². The molecule has 108 valence electrons. The molecule has 3 heterocycles. The Morgan fingerprint density at radius 1 is 1.10 bits per heavy atom.